The van der Waals surface area contributed by atoms with Gasteiger partial charge in [-0.2, -0.15) is 0 Å². The Hall–Kier alpha value is -1.32. The van der Waals surface area contributed by atoms with E-state index in [-0.39, 0.29) is 6.10 Å². The fourth-order valence-corrected chi connectivity index (χ4v) is 5.64. The van der Waals surface area contributed by atoms with Gasteiger partial charge in [-0.25, -0.2) is 0 Å². The summed E-state index contributed by atoms with van der Waals surface area (Å²) in [6.07, 6.45) is 5.97. The molecule has 3 nitrogen and oxygen atoms in total. The van der Waals surface area contributed by atoms with E-state index in [2.05, 4.69) is 40.8 Å². The maximum absolute atomic E-state index is 7.30. The molecule has 1 N–H and O–H groups in total. The minimum Gasteiger partial charge on any atom is -0.393 e. The minimum atomic E-state index is 0.161. The summed E-state index contributed by atoms with van der Waals surface area (Å²) in [5.41, 5.74) is 4.51. The minimum absolute atomic E-state index is 0.161. The van der Waals surface area contributed by atoms with E-state index in [9.17, 15) is 0 Å². The van der Waals surface area contributed by atoms with Gasteiger partial charge in [0.25, 0.3) is 0 Å². The molecule has 3 heterocycles. The highest BCUT2D eigenvalue weighted by Crippen LogP contribution is 2.47. The second kappa shape index (κ2) is 5.09. The third-order valence-corrected chi connectivity index (χ3v) is 6.75. The highest BCUT2D eigenvalue weighted by molar-refractivity contribution is 5.86. The fraction of sp³-hybridized carbons (Fsp3) is 0.600. The summed E-state index contributed by atoms with van der Waals surface area (Å²) in [4.78, 5) is 2.74. The van der Waals surface area contributed by atoms with Crippen molar-refractivity contribution in [1.29, 1.82) is 1.43 Å². The van der Waals surface area contributed by atoms with Crippen LogP contribution in [-0.4, -0.2) is 35.2 Å². The SMILES string of the molecule is [2H]O[C@H]1CCC2CN3CCc4c(n(C)c5ccccc45)C3CC2C1. The first-order valence-corrected chi connectivity index (χ1v) is 9.18. The molecule has 1 aromatic heterocycles. The van der Waals surface area contributed by atoms with Crippen LogP contribution in [0.1, 0.15) is 43.0 Å². The molecule has 0 radical (unpaired) electrons. The Balaban J connectivity index is 1.54. The molecule has 3 heteroatoms. The van der Waals surface area contributed by atoms with E-state index >= 15 is 0 Å². The molecule has 2 fully saturated rings. The van der Waals surface area contributed by atoms with Crippen molar-refractivity contribution < 1.29 is 5.11 Å². The zero-order valence-electron chi connectivity index (χ0n) is 14.9. The molecule has 1 saturated carbocycles. The number of fused-ring (bicyclic) bond motifs is 6. The fourth-order valence-electron chi connectivity index (χ4n) is 5.64. The number of benzene rings is 1. The van der Waals surface area contributed by atoms with Crippen molar-refractivity contribution in [3.05, 3.63) is 35.5 Å². The van der Waals surface area contributed by atoms with Crippen molar-refractivity contribution in [2.45, 2.75) is 44.2 Å². The van der Waals surface area contributed by atoms with Gasteiger partial charge in [-0.1, -0.05) is 18.2 Å². The lowest BCUT2D eigenvalue weighted by Gasteiger charge is -2.49. The molecule has 4 atom stereocenters. The third-order valence-electron chi connectivity index (χ3n) is 6.75. The molecule has 0 amide bonds. The maximum atomic E-state index is 7.30. The number of piperidine rings is 1. The first-order valence-electron chi connectivity index (χ1n) is 9.59. The first-order chi connectivity index (χ1) is 11.8. The quantitative estimate of drug-likeness (QED) is 0.875. The molecule has 3 unspecified atom stereocenters. The van der Waals surface area contributed by atoms with Gasteiger partial charge in [-0.3, -0.25) is 4.90 Å². The van der Waals surface area contributed by atoms with E-state index in [1.807, 2.05) is 0 Å². The number of aliphatic hydroxyl groups is 1. The molecule has 2 aliphatic heterocycles. The molecule has 1 aliphatic carbocycles. The molecule has 0 spiro atoms. The van der Waals surface area contributed by atoms with E-state index < -0.39 is 0 Å². The Morgan fingerprint density at radius 3 is 3.00 bits per heavy atom. The number of aryl methyl sites for hydroxylation is 1. The Kier molecular flexibility index (Phi) is 2.88. The summed E-state index contributed by atoms with van der Waals surface area (Å²) in [7, 11) is 2.24. The largest absolute Gasteiger partial charge is 0.393 e. The molecule has 3 aliphatic rings. The first kappa shape index (κ1) is 13.0. The van der Waals surface area contributed by atoms with Gasteiger partial charge in [0.2, 0.25) is 1.43 Å². The van der Waals surface area contributed by atoms with Crippen LogP contribution in [0.15, 0.2) is 24.3 Å². The van der Waals surface area contributed by atoms with E-state index in [0.717, 1.165) is 24.7 Å². The van der Waals surface area contributed by atoms with Crippen LogP contribution in [-0.2, 0) is 13.5 Å². The van der Waals surface area contributed by atoms with Gasteiger partial charge in [0.15, 0.2) is 0 Å². The van der Waals surface area contributed by atoms with Gasteiger partial charge in [0, 0.05) is 36.7 Å². The average Bonchev–Trinajstić information content (AvgIpc) is 2.93. The van der Waals surface area contributed by atoms with Crippen LogP contribution >= 0.6 is 0 Å². The molecule has 1 aromatic carbocycles. The van der Waals surface area contributed by atoms with E-state index in [1.165, 1.54) is 43.3 Å². The summed E-state index contributed by atoms with van der Waals surface area (Å²) in [6, 6.07) is 9.42. The lowest BCUT2D eigenvalue weighted by atomic mass is 9.70. The lowest BCUT2D eigenvalue weighted by molar-refractivity contribution is -0.0115. The third kappa shape index (κ3) is 2.03. The number of hydrogen-bond donors (Lipinski definition) is 1. The molecule has 1 saturated heterocycles. The number of nitrogens with zero attached hydrogens (tertiary/aromatic N) is 2. The lowest BCUT2D eigenvalue weighted by Crippen LogP contribution is -2.48. The summed E-state index contributed by atoms with van der Waals surface area (Å²) in [5.74, 6) is 1.53. The van der Waals surface area contributed by atoms with Crippen LogP contribution in [0.3, 0.4) is 0 Å². The number of rotatable bonds is 1. The van der Waals surface area contributed by atoms with Crippen LogP contribution in [0.2, 0.25) is 0 Å². The van der Waals surface area contributed by atoms with E-state index in [4.69, 9.17) is 6.54 Å². The monoisotopic (exact) mass is 311 g/mol. The molecular weight excluding hydrogens is 284 g/mol. The molecule has 122 valence electrons. The standard InChI is InChI=1S/C20H26N2O/c1-21-18-5-3-2-4-16(18)17-8-9-22-12-13-6-7-15(23)10-14(13)11-19(22)20(17)21/h2-5,13-15,19,23H,6-12H2,1H3/t13?,14?,15-,19?/m0/s1/i23D. The van der Waals surface area contributed by atoms with Gasteiger partial charge in [0.1, 0.15) is 0 Å². The van der Waals surface area contributed by atoms with Crippen LogP contribution in [0, 0.1) is 11.8 Å². The maximum Gasteiger partial charge on any atom is 0.210 e. The number of para-hydroxylation sites is 1. The summed E-state index contributed by atoms with van der Waals surface area (Å²) < 4.78 is 9.74. The number of hydrogen-bond acceptors (Lipinski definition) is 2. The zero-order valence-corrected chi connectivity index (χ0v) is 13.9. The van der Waals surface area contributed by atoms with E-state index in [1.54, 1.807) is 11.3 Å². The highest BCUT2D eigenvalue weighted by atomic mass is 16.3. The Morgan fingerprint density at radius 1 is 1.17 bits per heavy atom. The Labute approximate surface area is 139 Å². The predicted octanol–water partition coefficient (Wildman–Crippen LogP) is 3.26. The van der Waals surface area contributed by atoms with Crippen molar-refractivity contribution in [3.8, 4) is 0 Å². The molecule has 2 aromatic rings. The van der Waals surface area contributed by atoms with Gasteiger partial charge >= 0.3 is 0 Å². The normalized spacial score (nSPS) is 34.6. The number of aliphatic hydroxyl groups excluding tert-OH is 1. The average molecular weight is 311 g/mol. The van der Waals surface area contributed by atoms with Crippen molar-refractivity contribution in [3.63, 3.8) is 0 Å². The van der Waals surface area contributed by atoms with Gasteiger partial charge < -0.3 is 9.68 Å². The van der Waals surface area contributed by atoms with Crippen molar-refractivity contribution in [2.24, 2.45) is 18.9 Å². The van der Waals surface area contributed by atoms with Crippen molar-refractivity contribution >= 4 is 10.9 Å². The topological polar surface area (TPSA) is 28.4 Å². The van der Waals surface area contributed by atoms with Crippen LogP contribution in [0.4, 0.5) is 0 Å². The van der Waals surface area contributed by atoms with Gasteiger partial charge in [-0.05, 0) is 55.6 Å². The summed E-state index contributed by atoms with van der Waals surface area (Å²) in [6.45, 7) is 2.44. The molecular formula is C20H26N2O. The van der Waals surface area contributed by atoms with Crippen molar-refractivity contribution in [1.82, 2.24) is 9.47 Å². The van der Waals surface area contributed by atoms with Gasteiger partial charge in [0.05, 0.1) is 12.1 Å². The molecule has 23 heavy (non-hydrogen) atoms. The van der Waals surface area contributed by atoms with Crippen molar-refractivity contribution in [2.75, 3.05) is 13.1 Å². The number of aromatic nitrogens is 1. The second-order valence-electron chi connectivity index (χ2n) is 7.89. The van der Waals surface area contributed by atoms with Crippen LogP contribution < -0.4 is 0 Å². The highest BCUT2D eigenvalue weighted by Gasteiger charge is 2.42. The Morgan fingerprint density at radius 2 is 2.09 bits per heavy atom. The zero-order chi connectivity index (χ0) is 16.3. The smallest absolute Gasteiger partial charge is 0.210 e. The van der Waals surface area contributed by atoms with Gasteiger partial charge in [-0.15, -0.1) is 0 Å². The van der Waals surface area contributed by atoms with Crippen LogP contribution in [0.5, 0.6) is 0 Å². The summed E-state index contributed by atoms with van der Waals surface area (Å²) in [5, 5.41) is 6.40. The summed E-state index contributed by atoms with van der Waals surface area (Å²) >= 11 is 0. The second-order valence-corrected chi connectivity index (χ2v) is 7.89. The molecule has 5 rings (SSSR count). The van der Waals surface area contributed by atoms with E-state index in [0.29, 0.717) is 6.04 Å². The van der Waals surface area contributed by atoms with Crippen LogP contribution in [0.25, 0.3) is 10.9 Å². The predicted molar refractivity (Wildman–Crippen MR) is 92.4 cm³/mol. The molecule has 0 bridgehead atoms. The Bertz CT molecular complexity index is 770.